The van der Waals surface area contributed by atoms with Gasteiger partial charge in [-0.3, -0.25) is 0 Å². The van der Waals surface area contributed by atoms with Crippen molar-refractivity contribution in [2.45, 2.75) is 13.1 Å². The molecule has 2 aromatic heterocycles. The molecule has 0 fully saturated rings. The topological polar surface area (TPSA) is 86.0 Å². The van der Waals surface area contributed by atoms with Crippen LogP contribution < -0.4 is 15.8 Å². The highest BCUT2D eigenvalue weighted by molar-refractivity contribution is 5.32. The number of nitrogens with zero attached hydrogens (tertiary/aromatic N) is 3. The molecule has 6 nitrogen and oxygen atoms in total. The number of nitrogens with one attached hydrogen (secondary N) is 1. The number of hydrogen-bond donors (Lipinski definition) is 2. The van der Waals surface area contributed by atoms with Gasteiger partial charge in [-0.25, -0.2) is 15.0 Å². The van der Waals surface area contributed by atoms with Crippen LogP contribution in [-0.4, -0.2) is 22.1 Å². The van der Waals surface area contributed by atoms with E-state index in [1.807, 2.05) is 12.1 Å². The Morgan fingerprint density at radius 2 is 2.17 bits per heavy atom. The molecule has 2 heterocycles. The van der Waals surface area contributed by atoms with Crippen molar-refractivity contribution in [2.75, 3.05) is 12.4 Å². The first-order chi connectivity index (χ1) is 8.83. The van der Waals surface area contributed by atoms with Crippen LogP contribution in [0.15, 0.2) is 30.6 Å². The Labute approximate surface area is 105 Å². The monoisotopic (exact) mass is 245 g/mol. The van der Waals surface area contributed by atoms with E-state index in [9.17, 15) is 0 Å². The van der Waals surface area contributed by atoms with E-state index in [1.165, 1.54) is 0 Å². The smallest absolute Gasteiger partial charge is 0.223 e. The Morgan fingerprint density at radius 3 is 2.94 bits per heavy atom. The molecule has 2 rings (SSSR count). The van der Waals surface area contributed by atoms with E-state index in [1.54, 1.807) is 25.6 Å². The molecule has 3 N–H and O–H groups in total. The SMILES string of the molecule is COc1ncccc1CNc1nccc(CN)n1. The Kier molecular flexibility index (Phi) is 4.03. The summed E-state index contributed by atoms with van der Waals surface area (Å²) < 4.78 is 5.17. The van der Waals surface area contributed by atoms with Gasteiger partial charge < -0.3 is 15.8 Å². The lowest BCUT2D eigenvalue weighted by Crippen LogP contribution is -2.08. The molecule has 0 aromatic carbocycles. The van der Waals surface area contributed by atoms with Crippen LogP contribution in [0.1, 0.15) is 11.3 Å². The third-order valence-electron chi connectivity index (χ3n) is 2.40. The zero-order chi connectivity index (χ0) is 12.8. The van der Waals surface area contributed by atoms with Crippen LogP contribution in [-0.2, 0) is 13.1 Å². The molecule has 0 saturated carbocycles. The average Bonchev–Trinajstić information content (AvgIpc) is 2.45. The van der Waals surface area contributed by atoms with Crippen molar-refractivity contribution in [1.82, 2.24) is 15.0 Å². The first-order valence-electron chi connectivity index (χ1n) is 5.57. The molecule has 0 amide bonds. The summed E-state index contributed by atoms with van der Waals surface area (Å²) in [7, 11) is 1.59. The maximum absolute atomic E-state index is 5.52. The van der Waals surface area contributed by atoms with E-state index in [4.69, 9.17) is 10.5 Å². The van der Waals surface area contributed by atoms with Gasteiger partial charge >= 0.3 is 0 Å². The Balaban J connectivity index is 2.06. The van der Waals surface area contributed by atoms with Gasteiger partial charge in [0.1, 0.15) is 0 Å². The molecule has 6 heteroatoms. The number of anilines is 1. The molecular formula is C12H15N5O. The summed E-state index contributed by atoms with van der Waals surface area (Å²) >= 11 is 0. The second kappa shape index (κ2) is 5.92. The third-order valence-corrected chi connectivity index (χ3v) is 2.40. The molecule has 0 bridgehead atoms. The van der Waals surface area contributed by atoms with Crippen LogP contribution in [0.4, 0.5) is 5.95 Å². The van der Waals surface area contributed by atoms with E-state index in [0.717, 1.165) is 11.3 Å². The predicted molar refractivity (Wildman–Crippen MR) is 68.0 cm³/mol. The lowest BCUT2D eigenvalue weighted by atomic mass is 10.3. The van der Waals surface area contributed by atoms with Gasteiger partial charge in [-0.2, -0.15) is 0 Å². The van der Waals surface area contributed by atoms with Gasteiger partial charge in [-0.05, 0) is 12.1 Å². The predicted octanol–water partition coefficient (Wildman–Crippen LogP) is 0.951. The standard InChI is InChI=1S/C12H15N5O/c1-18-11-9(3-2-5-14-11)8-16-12-15-6-4-10(7-13)17-12/h2-6H,7-8,13H2,1H3,(H,15,16,17). The molecule has 2 aromatic rings. The molecule has 0 aliphatic heterocycles. The molecule has 18 heavy (non-hydrogen) atoms. The maximum Gasteiger partial charge on any atom is 0.223 e. The van der Waals surface area contributed by atoms with Crippen LogP contribution in [0.25, 0.3) is 0 Å². The van der Waals surface area contributed by atoms with Gasteiger partial charge in [0.05, 0.1) is 12.8 Å². The number of hydrogen-bond acceptors (Lipinski definition) is 6. The fraction of sp³-hybridized carbons (Fsp3) is 0.250. The van der Waals surface area contributed by atoms with Crippen molar-refractivity contribution < 1.29 is 4.74 Å². The maximum atomic E-state index is 5.52. The van der Waals surface area contributed by atoms with E-state index < -0.39 is 0 Å². The number of pyridine rings is 1. The molecule has 0 aliphatic rings. The highest BCUT2D eigenvalue weighted by Crippen LogP contribution is 2.14. The highest BCUT2D eigenvalue weighted by atomic mass is 16.5. The molecule has 0 aliphatic carbocycles. The van der Waals surface area contributed by atoms with E-state index in [2.05, 4.69) is 20.3 Å². The first-order valence-corrected chi connectivity index (χ1v) is 5.57. The normalized spacial score (nSPS) is 10.1. The summed E-state index contributed by atoms with van der Waals surface area (Å²) in [6.45, 7) is 0.943. The number of aromatic nitrogens is 3. The van der Waals surface area contributed by atoms with E-state index in [-0.39, 0.29) is 0 Å². The first kappa shape index (κ1) is 12.3. The number of rotatable bonds is 5. The summed E-state index contributed by atoms with van der Waals surface area (Å²) in [6.07, 6.45) is 3.37. The van der Waals surface area contributed by atoms with Gasteiger partial charge in [0.2, 0.25) is 11.8 Å². The van der Waals surface area contributed by atoms with Gasteiger partial charge in [0.15, 0.2) is 0 Å². The minimum atomic E-state index is 0.396. The quantitative estimate of drug-likeness (QED) is 0.815. The number of methoxy groups -OCH3 is 1. The van der Waals surface area contributed by atoms with Crippen molar-refractivity contribution in [3.63, 3.8) is 0 Å². The molecule has 0 saturated heterocycles. The van der Waals surface area contributed by atoms with E-state index in [0.29, 0.717) is 24.9 Å². The van der Waals surface area contributed by atoms with Crippen molar-refractivity contribution in [2.24, 2.45) is 5.73 Å². The lowest BCUT2D eigenvalue weighted by molar-refractivity contribution is 0.393. The Bertz CT molecular complexity index is 517. The summed E-state index contributed by atoms with van der Waals surface area (Å²) in [5.74, 6) is 1.14. The third kappa shape index (κ3) is 2.92. The van der Waals surface area contributed by atoms with Crippen molar-refractivity contribution >= 4 is 5.95 Å². The Morgan fingerprint density at radius 1 is 1.28 bits per heavy atom. The molecule has 0 unspecified atom stereocenters. The average molecular weight is 245 g/mol. The molecule has 0 spiro atoms. The van der Waals surface area contributed by atoms with Crippen LogP contribution in [0.3, 0.4) is 0 Å². The van der Waals surface area contributed by atoms with Gasteiger partial charge in [-0.15, -0.1) is 0 Å². The lowest BCUT2D eigenvalue weighted by Gasteiger charge is -2.08. The molecule has 94 valence electrons. The van der Waals surface area contributed by atoms with Crippen molar-refractivity contribution in [1.29, 1.82) is 0 Å². The number of nitrogens with two attached hydrogens (primary N) is 1. The van der Waals surface area contributed by atoms with Crippen molar-refractivity contribution in [3.8, 4) is 5.88 Å². The summed E-state index contributed by atoms with van der Waals surface area (Å²) in [5, 5.41) is 3.11. The second-order valence-corrected chi connectivity index (χ2v) is 3.60. The van der Waals surface area contributed by atoms with Crippen molar-refractivity contribution in [3.05, 3.63) is 41.9 Å². The minimum Gasteiger partial charge on any atom is -0.481 e. The molecule has 0 radical (unpaired) electrons. The highest BCUT2D eigenvalue weighted by Gasteiger charge is 2.04. The van der Waals surface area contributed by atoms with Crippen LogP contribution in [0.5, 0.6) is 5.88 Å². The minimum absolute atomic E-state index is 0.396. The Hall–Kier alpha value is -2.21. The van der Waals surface area contributed by atoms with Gasteiger partial charge in [-0.1, -0.05) is 6.07 Å². The fourth-order valence-corrected chi connectivity index (χ4v) is 1.51. The largest absolute Gasteiger partial charge is 0.481 e. The second-order valence-electron chi connectivity index (χ2n) is 3.60. The van der Waals surface area contributed by atoms with Crippen LogP contribution in [0.2, 0.25) is 0 Å². The summed E-state index contributed by atoms with van der Waals surface area (Å²) in [6, 6.07) is 5.58. The zero-order valence-corrected chi connectivity index (χ0v) is 10.1. The summed E-state index contributed by atoms with van der Waals surface area (Å²) in [5.41, 5.74) is 7.27. The number of ether oxygens (including phenoxy) is 1. The van der Waals surface area contributed by atoms with Crippen LogP contribution >= 0.6 is 0 Å². The van der Waals surface area contributed by atoms with E-state index >= 15 is 0 Å². The fourth-order valence-electron chi connectivity index (χ4n) is 1.51. The summed E-state index contributed by atoms with van der Waals surface area (Å²) in [4.78, 5) is 12.5. The van der Waals surface area contributed by atoms with Crippen LogP contribution in [0, 0.1) is 0 Å². The molecular weight excluding hydrogens is 230 g/mol. The van der Waals surface area contributed by atoms with Gasteiger partial charge in [0.25, 0.3) is 0 Å². The molecule has 0 atom stereocenters. The zero-order valence-electron chi connectivity index (χ0n) is 10.1. The van der Waals surface area contributed by atoms with Gasteiger partial charge in [0, 0.05) is 31.0 Å².